The van der Waals surface area contributed by atoms with E-state index in [9.17, 15) is 18.3 Å². The van der Waals surface area contributed by atoms with Crippen molar-refractivity contribution in [1.29, 1.82) is 0 Å². The zero-order chi connectivity index (χ0) is 24.7. The zero-order valence-corrected chi connectivity index (χ0v) is 20.5. The second kappa shape index (κ2) is 11.3. The van der Waals surface area contributed by atoms with Gasteiger partial charge in [-0.3, -0.25) is 10.2 Å². The van der Waals surface area contributed by atoms with Crippen LogP contribution in [0, 0.1) is 6.92 Å². The van der Waals surface area contributed by atoms with Gasteiger partial charge in [0.05, 0.1) is 10.9 Å². The summed E-state index contributed by atoms with van der Waals surface area (Å²) < 4.78 is 27.0. The van der Waals surface area contributed by atoms with Crippen LogP contribution in [0.2, 0.25) is 0 Å². The first-order valence-electron chi connectivity index (χ1n) is 11.3. The molecule has 0 radical (unpaired) electrons. The van der Waals surface area contributed by atoms with E-state index < -0.39 is 22.0 Å². The lowest BCUT2D eigenvalue weighted by Gasteiger charge is -2.22. The van der Waals surface area contributed by atoms with Gasteiger partial charge in [-0.05, 0) is 43.2 Å². The lowest BCUT2D eigenvalue weighted by atomic mass is 9.97. The van der Waals surface area contributed by atoms with Gasteiger partial charge in [-0.25, -0.2) is 13.8 Å². The number of phenolic OH excluding ortho intramolecular Hbond substituents is 1. The van der Waals surface area contributed by atoms with Crippen LogP contribution in [0.15, 0.2) is 77.7 Å². The molecule has 3 rings (SSSR count). The molecular formula is C26H31N3O4S. The van der Waals surface area contributed by atoms with E-state index in [-0.39, 0.29) is 16.2 Å². The van der Waals surface area contributed by atoms with E-state index in [1.807, 2.05) is 49.4 Å². The van der Waals surface area contributed by atoms with Crippen molar-refractivity contribution in [2.24, 2.45) is 0 Å². The smallest absolute Gasteiger partial charge is 0.265 e. The Morgan fingerprint density at radius 1 is 0.971 bits per heavy atom. The highest BCUT2D eigenvalue weighted by molar-refractivity contribution is 7.89. The molecule has 1 amide bonds. The molecule has 0 aliphatic rings. The van der Waals surface area contributed by atoms with E-state index >= 15 is 0 Å². The molecule has 8 heteroatoms. The lowest BCUT2D eigenvalue weighted by molar-refractivity contribution is 0.0924. The molecule has 3 aromatic rings. The normalized spacial score (nSPS) is 12.5. The predicted molar refractivity (Wildman–Crippen MR) is 133 cm³/mol. The Balaban J connectivity index is 1.83. The van der Waals surface area contributed by atoms with Gasteiger partial charge in [0.15, 0.2) is 0 Å². The maximum Gasteiger partial charge on any atom is 0.265 e. The van der Waals surface area contributed by atoms with Crippen LogP contribution < -0.4 is 10.9 Å². The maximum absolute atomic E-state index is 12.9. The van der Waals surface area contributed by atoms with Crippen LogP contribution in [0.5, 0.6) is 5.75 Å². The third-order valence-electron chi connectivity index (χ3n) is 5.64. The molecule has 3 N–H and O–H groups in total. The Morgan fingerprint density at radius 3 is 2.35 bits per heavy atom. The topological polar surface area (TPSA) is 98.7 Å². The number of sulfonamides is 1. The van der Waals surface area contributed by atoms with E-state index in [2.05, 4.69) is 10.9 Å². The first-order valence-corrected chi connectivity index (χ1v) is 12.7. The van der Waals surface area contributed by atoms with Crippen LogP contribution in [-0.2, 0) is 16.4 Å². The Bertz CT molecular complexity index is 1230. The first-order chi connectivity index (χ1) is 16.3. The summed E-state index contributed by atoms with van der Waals surface area (Å²) in [6, 6.07) is 20.6. The molecule has 34 heavy (non-hydrogen) atoms. The number of carbonyl (C=O) groups is 1. The number of nitrogens with one attached hydrogen (secondary N) is 2. The second-order valence-electron chi connectivity index (χ2n) is 8.02. The number of hydrogen-bond acceptors (Lipinski definition) is 5. The molecule has 1 unspecified atom stereocenters. The predicted octanol–water partition coefficient (Wildman–Crippen LogP) is 3.95. The first kappa shape index (κ1) is 25.4. The average molecular weight is 482 g/mol. The van der Waals surface area contributed by atoms with Crippen molar-refractivity contribution >= 4 is 15.9 Å². The highest BCUT2D eigenvalue weighted by Crippen LogP contribution is 2.27. The fourth-order valence-electron chi connectivity index (χ4n) is 3.78. The monoisotopic (exact) mass is 481 g/mol. The fourth-order valence-corrected chi connectivity index (χ4v) is 5.28. The third-order valence-corrected chi connectivity index (χ3v) is 7.69. The standard InChI is InChI=1S/C26H31N3O4S/c1-4-29(5-2)34(32,33)22-13-9-12-21(18-22)26(31)28-27-24(17-20-10-7-6-8-11-20)23-16-19(3)14-15-25(23)30/h6-16,18,24,27,30H,4-5,17H2,1-3H3,(H,28,31). The summed E-state index contributed by atoms with van der Waals surface area (Å²) >= 11 is 0. The lowest BCUT2D eigenvalue weighted by Crippen LogP contribution is -2.41. The number of carbonyl (C=O) groups excluding carboxylic acids is 1. The van der Waals surface area contributed by atoms with Crippen molar-refractivity contribution in [3.8, 4) is 5.75 Å². The molecule has 0 aromatic heterocycles. The summed E-state index contributed by atoms with van der Waals surface area (Å²) in [6.07, 6.45) is 0.522. The number of nitrogens with zero attached hydrogens (tertiary/aromatic N) is 1. The van der Waals surface area contributed by atoms with Gasteiger partial charge in [0.1, 0.15) is 5.75 Å². The highest BCUT2D eigenvalue weighted by atomic mass is 32.2. The molecule has 7 nitrogen and oxygen atoms in total. The summed E-state index contributed by atoms with van der Waals surface area (Å²) in [7, 11) is -3.68. The van der Waals surface area contributed by atoms with Crippen molar-refractivity contribution in [3.05, 3.63) is 95.1 Å². The van der Waals surface area contributed by atoms with Crippen molar-refractivity contribution in [2.75, 3.05) is 13.1 Å². The summed E-state index contributed by atoms with van der Waals surface area (Å²) in [4.78, 5) is 13.0. The number of benzene rings is 3. The van der Waals surface area contributed by atoms with Gasteiger partial charge in [0.25, 0.3) is 5.91 Å². The number of rotatable bonds is 10. The second-order valence-corrected chi connectivity index (χ2v) is 9.96. The van der Waals surface area contributed by atoms with E-state index in [0.717, 1.165) is 11.1 Å². The maximum atomic E-state index is 12.9. The fraction of sp³-hybridized carbons (Fsp3) is 0.269. The average Bonchev–Trinajstić information content (AvgIpc) is 2.84. The number of aryl methyl sites for hydroxylation is 1. The number of phenols is 1. The molecule has 0 bridgehead atoms. The van der Waals surface area contributed by atoms with Crippen molar-refractivity contribution in [2.45, 2.75) is 38.1 Å². The quantitative estimate of drug-likeness (QED) is 0.381. The molecule has 180 valence electrons. The van der Waals surface area contributed by atoms with E-state index in [1.165, 1.54) is 16.4 Å². The van der Waals surface area contributed by atoms with Crippen LogP contribution in [0.1, 0.15) is 46.9 Å². The van der Waals surface area contributed by atoms with Crippen molar-refractivity contribution in [1.82, 2.24) is 15.2 Å². The molecule has 0 aliphatic heterocycles. The van der Waals surface area contributed by atoms with E-state index in [0.29, 0.717) is 25.1 Å². The van der Waals surface area contributed by atoms with Gasteiger partial charge in [-0.2, -0.15) is 4.31 Å². The van der Waals surface area contributed by atoms with Crippen LogP contribution in [0.4, 0.5) is 0 Å². The SMILES string of the molecule is CCN(CC)S(=O)(=O)c1cccc(C(=O)NNC(Cc2ccccc2)c2cc(C)ccc2O)c1. The van der Waals surface area contributed by atoms with Gasteiger partial charge in [0, 0.05) is 24.2 Å². The number of aromatic hydroxyl groups is 1. The van der Waals surface area contributed by atoms with Crippen LogP contribution >= 0.6 is 0 Å². The van der Waals surface area contributed by atoms with E-state index in [1.54, 1.807) is 32.0 Å². The van der Waals surface area contributed by atoms with Crippen LogP contribution in [-0.4, -0.2) is 36.8 Å². The van der Waals surface area contributed by atoms with Crippen molar-refractivity contribution in [3.63, 3.8) is 0 Å². The molecule has 0 spiro atoms. The Labute approximate surface area is 201 Å². The summed E-state index contributed by atoms with van der Waals surface area (Å²) in [6.45, 7) is 6.17. The highest BCUT2D eigenvalue weighted by Gasteiger charge is 2.23. The molecule has 0 fully saturated rings. The van der Waals surface area contributed by atoms with Gasteiger partial charge in [0.2, 0.25) is 10.0 Å². The molecule has 0 saturated heterocycles. The Hall–Kier alpha value is -3.20. The van der Waals surface area contributed by atoms with Gasteiger partial charge < -0.3 is 5.11 Å². The molecule has 0 saturated carbocycles. The largest absolute Gasteiger partial charge is 0.508 e. The van der Waals surface area contributed by atoms with Crippen LogP contribution in [0.3, 0.4) is 0 Å². The summed E-state index contributed by atoms with van der Waals surface area (Å²) in [5, 5.41) is 10.5. The zero-order valence-electron chi connectivity index (χ0n) is 19.7. The minimum atomic E-state index is -3.68. The minimum Gasteiger partial charge on any atom is -0.508 e. The van der Waals surface area contributed by atoms with Gasteiger partial charge >= 0.3 is 0 Å². The van der Waals surface area contributed by atoms with Gasteiger partial charge in [-0.15, -0.1) is 0 Å². The molecule has 1 atom stereocenters. The summed E-state index contributed by atoms with van der Waals surface area (Å²) in [5.74, 6) is -0.345. The molecule has 0 heterocycles. The molecular weight excluding hydrogens is 450 g/mol. The number of hydrogen-bond donors (Lipinski definition) is 3. The Morgan fingerprint density at radius 2 is 1.68 bits per heavy atom. The van der Waals surface area contributed by atoms with Gasteiger partial charge in [-0.1, -0.05) is 67.9 Å². The van der Waals surface area contributed by atoms with E-state index in [4.69, 9.17) is 0 Å². The van der Waals surface area contributed by atoms with Crippen molar-refractivity contribution < 1.29 is 18.3 Å². The van der Waals surface area contributed by atoms with Crippen LogP contribution in [0.25, 0.3) is 0 Å². The minimum absolute atomic E-state index is 0.0704. The summed E-state index contributed by atoms with van der Waals surface area (Å²) in [5.41, 5.74) is 8.61. The number of amides is 1. The Kier molecular flexibility index (Phi) is 8.44. The third kappa shape index (κ3) is 6.02. The molecule has 0 aliphatic carbocycles. The molecule has 3 aromatic carbocycles. The number of hydrazine groups is 1.